The quantitative estimate of drug-likeness (QED) is 0.712. The molecule has 0 fully saturated rings. The molecule has 0 aliphatic carbocycles. The number of fused-ring (bicyclic) bond motifs is 1. The van der Waals surface area contributed by atoms with E-state index in [1.807, 2.05) is 36.4 Å². The molecular formula is C21H22N4O3. The summed E-state index contributed by atoms with van der Waals surface area (Å²) in [5, 5.41) is 11.4. The van der Waals surface area contributed by atoms with Crippen molar-refractivity contribution in [1.29, 1.82) is 0 Å². The molecule has 1 aliphatic heterocycles. The van der Waals surface area contributed by atoms with Gasteiger partial charge in [-0.1, -0.05) is 18.2 Å². The highest BCUT2D eigenvalue weighted by molar-refractivity contribution is 5.92. The van der Waals surface area contributed by atoms with Gasteiger partial charge in [0, 0.05) is 30.3 Å². The number of nitrogens with one attached hydrogen (secondary N) is 1. The maximum Gasteiger partial charge on any atom is 0.262 e. The number of methoxy groups -OCH3 is 1. The zero-order valence-electron chi connectivity index (χ0n) is 15.7. The molecule has 2 aromatic carbocycles. The highest BCUT2D eigenvalue weighted by Gasteiger charge is 2.17. The van der Waals surface area contributed by atoms with Crippen molar-refractivity contribution in [2.24, 2.45) is 0 Å². The van der Waals surface area contributed by atoms with E-state index in [1.54, 1.807) is 19.2 Å². The summed E-state index contributed by atoms with van der Waals surface area (Å²) in [6.07, 6.45) is 3.26. The number of rotatable bonds is 6. The molecule has 1 aromatic heterocycles. The van der Waals surface area contributed by atoms with Crippen molar-refractivity contribution in [3.8, 4) is 22.9 Å². The smallest absolute Gasteiger partial charge is 0.262 e. The van der Waals surface area contributed by atoms with Crippen LogP contribution in [0.2, 0.25) is 0 Å². The molecule has 0 saturated heterocycles. The molecular weight excluding hydrogens is 356 g/mol. The lowest BCUT2D eigenvalue weighted by Crippen LogP contribution is -2.20. The molecule has 7 heteroatoms. The lowest BCUT2D eigenvalue weighted by molar-refractivity contribution is -0.118. The van der Waals surface area contributed by atoms with Gasteiger partial charge < -0.3 is 19.4 Å². The number of nitrogens with zero attached hydrogens (tertiary/aromatic N) is 3. The van der Waals surface area contributed by atoms with Crippen molar-refractivity contribution < 1.29 is 14.3 Å². The maximum absolute atomic E-state index is 12.2. The first kappa shape index (κ1) is 18.0. The van der Waals surface area contributed by atoms with Crippen molar-refractivity contribution in [2.45, 2.75) is 25.8 Å². The molecule has 1 amide bonds. The average molecular weight is 378 g/mol. The summed E-state index contributed by atoms with van der Waals surface area (Å²) in [6, 6.07) is 14.8. The first-order valence-corrected chi connectivity index (χ1v) is 9.32. The summed E-state index contributed by atoms with van der Waals surface area (Å²) in [4.78, 5) is 12.2. The standard InChI is InChI=1S/C21H22N4O3/c1-27-17-8-5-7-16(13-17)22-20(26)14-28-18-9-4-6-15(12-18)21-24-23-19-10-2-3-11-25(19)21/h4-9,12-13H,2-3,10-11,14H2,1H3,(H,22,26). The van der Waals surface area contributed by atoms with Gasteiger partial charge in [-0.3, -0.25) is 4.79 Å². The highest BCUT2D eigenvalue weighted by atomic mass is 16.5. The van der Waals surface area contributed by atoms with E-state index in [2.05, 4.69) is 20.1 Å². The second-order valence-corrected chi connectivity index (χ2v) is 6.65. The van der Waals surface area contributed by atoms with Crippen LogP contribution in [0.4, 0.5) is 5.69 Å². The molecule has 0 unspecified atom stereocenters. The van der Waals surface area contributed by atoms with Crippen LogP contribution in [0.15, 0.2) is 48.5 Å². The number of hydrogen-bond donors (Lipinski definition) is 1. The molecule has 0 spiro atoms. The molecule has 1 N–H and O–H groups in total. The normalized spacial score (nSPS) is 12.9. The van der Waals surface area contributed by atoms with Gasteiger partial charge in [0.1, 0.15) is 17.3 Å². The number of aryl methyl sites for hydroxylation is 1. The van der Waals surface area contributed by atoms with E-state index in [1.165, 1.54) is 0 Å². The van der Waals surface area contributed by atoms with Gasteiger partial charge in [-0.2, -0.15) is 0 Å². The van der Waals surface area contributed by atoms with Crippen LogP contribution >= 0.6 is 0 Å². The topological polar surface area (TPSA) is 78.3 Å². The third kappa shape index (κ3) is 3.98. The minimum Gasteiger partial charge on any atom is -0.497 e. The van der Waals surface area contributed by atoms with Crippen LogP contribution in [0, 0.1) is 0 Å². The van der Waals surface area contributed by atoms with E-state index in [-0.39, 0.29) is 12.5 Å². The molecule has 2 heterocycles. The Bertz CT molecular complexity index is 983. The van der Waals surface area contributed by atoms with E-state index in [4.69, 9.17) is 9.47 Å². The van der Waals surface area contributed by atoms with Crippen molar-refractivity contribution in [3.05, 3.63) is 54.4 Å². The molecule has 0 bridgehead atoms. The Kier molecular flexibility index (Phi) is 5.23. The number of benzene rings is 2. The van der Waals surface area contributed by atoms with Gasteiger partial charge in [0.15, 0.2) is 12.4 Å². The van der Waals surface area contributed by atoms with Crippen molar-refractivity contribution in [3.63, 3.8) is 0 Å². The maximum atomic E-state index is 12.2. The minimum atomic E-state index is -0.237. The van der Waals surface area contributed by atoms with Crippen LogP contribution in [-0.4, -0.2) is 34.4 Å². The molecule has 0 saturated carbocycles. The number of ether oxygens (including phenoxy) is 2. The van der Waals surface area contributed by atoms with Crippen LogP contribution in [0.25, 0.3) is 11.4 Å². The largest absolute Gasteiger partial charge is 0.497 e. The number of aromatic nitrogens is 3. The van der Waals surface area contributed by atoms with Crippen LogP contribution < -0.4 is 14.8 Å². The molecule has 28 heavy (non-hydrogen) atoms. The molecule has 4 rings (SSSR count). The van der Waals surface area contributed by atoms with Crippen LogP contribution in [0.5, 0.6) is 11.5 Å². The third-order valence-corrected chi connectivity index (χ3v) is 4.68. The van der Waals surface area contributed by atoms with E-state index in [9.17, 15) is 4.79 Å². The zero-order chi connectivity index (χ0) is 19.3. The predicted octanol–water partition coefficient (Wildman–Crippen LogP) is 3.31. The lowest BCUT2D eigenvalue weighted by atomic mass is 10.1. The Labute approximate surface area is 163 Å². The Hall–Kier alpha value is -3.35. The van der Waals surface area contributed by atoms with E-state index in [0.717, 1.165) is 43.0 Å². The van der Waals surface area contributed by atoms with Gasteiger partial charge in [0.2, 0.25) is 0 Å². The summed E-state index contributed by atoms with van der Waals surface area (Å²) >= 11 is 0. The lowest BCUT2D eigenvalue weighted by Gasteiger charge is -2.15. The monoisotopic (exact) mass is 378 g/mol. The number of carbonyl (C=O) groups excluding carboxylic acids is 1. The van der Waals surface area contributed by atoms with Gasteiger partial charge in [0.25, 0.3) is 5.91 Å². The highest BCUT2D eigenvalue weighted by Crippen LogP contribution is 2.26. The van der Waals surface area contributed by atoms with E-state index >= 15 is 0 Å². The summed E-state index contributed by atoms with van der Waals surface area (Å²) in [5.41, 5.74) is 1.60. The fourth-order valence-electron chi connectivity index (χ4n) is 3.29. The van der Waals surface area contributed by atoms with Gasteiger partial charge in [-0.25, -0.2) is 0 Å². The zero-order valence-corrected chi connectivity index (χ0v) is 15.7. The Balaban J connectivity index is 1.41. The summed E-state index contributed by atoms with van der Waals surface area (Å²) in [6.45, 7) is 0.851. The summed E-state index contributed by atoms with van der Waals surface area (Å²) < 4.78 is 13.0. The summed E-state index contributed by atoms with van der Waals surface area (Å²) in [5.74, 6) is 2.94. The minimum absolute atomic E-state index is 0.0847. The molecule has 144 valence electrons. The Morgan fingerprint density at radius 1 is 1.11 bits per heavy atom. The van der Waals surface area contributed by atoms with Gasteiger partial charge in [-0.05, 0) is 37.1 Å². The number of carbonyl (C=O) groups is 1. The van der Waals surface area contributed by atoms with Gasteiger partial charge in [0.05, 0.1) is 7.11 Å². The van der Waals surface area contributed by atoms with Gasteiger partial charge in [-0.15, -0.1) is 10.2 Å². The number of hydrogen-bond acceptors (Lipinski definition) is 5. The first-order valence-electron chi connectivity index (χ1n) is 9.32. The van der Waals surface area contributed by atoms with Crippen molar-refractivity contribution >= 4 is 11.6 Å². The van der Waals surface area contributed by atoms with Gasteiger partial charge >= 0.3 is 0 Å². The SMILES string of the molecule is COc1cccc(NC(=O)COc2cccc(-c3nnc4n3CCCC4)c2)c1. The van der Waals surface area contributed by atoms with Crippen LogP contribution in [0.1, 0.15) is 18.7 Å². The third-order valence-electron chi connectivity index (χ3n) is 4.68. The molecule has 1 aliphatic rings. The molecule has 3 aromatic rings. The molecule has 0 atom stereocenters. The van der Waals surface area contributed by atoms with E-state index < -0.39 is 0 Å². The first-order chi connectivity index (χ1) is 13.7. The second kappa shape index (κ2) is 8.12. The van der Waals surface area contributed by atoms with Crippen LogP contribution in [-0.2, 0) is 17.8 Å². The molecule has 7 nitrogen and oxygen atoms in total. The second-order valence-electron chi connectivity index (χ2n) is 6.65. The van der Waals surface area contributed by atoms with Crippen molar-refractivity contribution in [2.75, 3.05) is 19.0 Å². The molecule has 0 radical (unpaired) electrons. The fraction of sp³-hybridized carbons (Fsp3) is 0.286. The number of anilines is 1. The predicted molar refractivity (Wildman–Crippen MR) is 106 cm³/mol. The van der Waals surface area contributed by atoms with Crippen LogP contribution in [0.3, 0.4) is 0 Å². The fourth-order valence-corrected chi connectivity index (χ4v) is 3.29. The Morgan fingerprint density at radius 3 is 2.86 bits per heavy atom. The number of amides is 1. The average Bonchev–Trinajstić information content (AvgIpc) is 3.17. The van der Waals surface area contributed by atoms with Crippen molar-refractivity contribution in [1.82, 2.24) is 14.8 Å². The Morgan fingerprint density at radius 2 is 1.96 bits per heavy atom. The van der Waals surface area contributed by atoms with E-state index in [0.29, 0.717) is 17.2 Å². The summed E-state index contributed by atoms with van der Waals surface area (Å²) in [7, 11) is 1.59.